The van der Waals surface area contributed by atoms with Crippen molar-refractivity contribution in [2.75, 3.05) is 5.32 Å². The van der Waals surface area contributed by atoms with Crippen molar-refractivity contribution in [2.24, 2.45) is 0 Å². The Morgan fingerprint density at radius 1 is 0.628 bits per heavy atom. The third kappa shape index (κ3) is 4.84. The highest BCUT2D eigenvalue weighted by Crippen LogP contribution is 2.48. The van der Waals surface area contributed by atoms with Crippen molar-refractivity contribution in [3.63, 3.8) is 0 Å². The zero-order valence-electron chi connectivity index (χ0n) is 24.7. The molecule has 0 saturated heterocycles. The molecule has 1 amide bonds. The Kier molecular flexibility index (Phi) is 7.19. The largest absolute Gasteiger partial charge is 0.478 e. The summed E-state index contributed by atoms with van der Waals surface area (Å²) in [5.74, 6) is -1.46. The van der Waals surface area contributed by atoms with Crippen LogP contribution in [0.25, 0.3) is 43.1 Å². The van der Waals surface area contributed by atoms with Crippen molar-refractivity contribution in [2.45, 2.75) is 52.4 Å². The Morgan fingerprint density at radius 2 is 1.23 bits per heavy atom. The highest BCUT2D eigenvalue weighted by atomic mass is 79.9. The molecule has 43 heavy (non-hydrogen) atoms. The second kappa shape index (κ2) is 10.3. The smallest absolute Gasteiger partial charge is 0.336 e. The summed E-state index contributed by atoms with van der Waals surface area (Å²) < 4.78 is 2.36. The summed E-state index contributed by atoms with van der Waals surface area (Å²) >= 11 is 11.2. The molecule has 0 aliphatic carbocycles. The highest BCUT2D eigenvalue weighted by molar-refractivity contribution is 9.11. The number of nitrogens with one attached hydrogen (secondary N) is 1. The second-order valence-electron chi connectivity index (χ2n) is 13.2. The van der Waals surface area contributed by atoms with Gasteiger partial charge in [-0.15, -0.1) is 0 Å². The number of carbonyl (C=O) groups excluding carboxylic acids is 1. The molecule has 0 fully saturated rings. The first-order chi connectivity index (χ1) is 20.1. The normalized spacial score (nSPS) is 12.6. The van der Waals surface area contributed by atoms with Gasteiger partial charge >= 0.3 is 5.97 Å². The zero-order valence-corrected chi connectivity index (χ0v) is 29.4. The van der Waals surface area contributed by atoms with E-state index >= 15 is 0 Å². The van der Waals surface area contributed by atoms with Crippen molar-refractivity contribution in [3.8, 4) is 0 Å². The number of carboxylic acids is 1. The summed E-state index contributed by atoms with van der Waals surface area (Å²) in [5, 5.41) is 20.6. The molecule has 0 aromatic heterocycles. The average molecular weight is 764 g/mol. The average Bonchev–Trinajstić information content (AvgIpc) is 2.92. The molecule has 0 spiro atoms. The number of anilines is 1. The molecule has 0 atom stereocenters. The predicted molar refractivity (Wildman–Crippen MR) is 190 cm³/mol. The molecule has 0 unspecified atom stereocenters. The fraction of sp³-hybridized carbons (Fsp3) is 0.222. The Hall–Kier alpha value is -3.00. The van der Waals surface area contributed by atoms with E-state index in [0.29, 0.717) is 15.4 Å². The van der Waals surface area contributed by atoms with E-state index in [1.807, 2.05) is 24.3 Å². The maximum absolute atomic E-state index is 14.3. The maximum atomic E-state index is 14.3. The molecule has 4 nitrogen and oxygen atoms in total. The first-order valence-corrected chi connectivity index (χ1v) is 16.4. The second-order valence-corrected chi connectivity index (χ2v) is 15.7. The lowest BCUT2D eigenvalue weighted by atomic mass is 9.81. The van der Waals surface area contributed by atoms with Gasteiger partial charge < -0.3 is 10.4 Å². The molecule has 6 aromatic rings. The van der Waals surface area contributed by atoms with Crippen molar-refractivity contribution >= 4 is 108 Å². The van der Waals surface area contributed by atoms with Gasteiger partial charge in [-0.05, 0) is 67.8 Å². The van der Waals surface area contributed by atoms with Gasteiger partial charge in [-0.2, -0.15) is 0 Å². The number of halogens is 3. The van der Waals surface area contributed by atoms with Crippen LogP contribution in [-0.4, -0.2) is 17.0 Å². The summed E-state index contributed by atoms with van der Waals surface area (Å²) in [6.07, 6.45) is 0. The molecule has 0 aliphatic rings. The maximum Gasteiger partial charge on any atom is 0.336 e. The van der Waals surface area contributed by atoms with E-state index in [-0.39, 0.29) is 22.3 Å². The van der Waals surface area contributed by atoms with Crippen LogP contribution in [0, 0.1) is 0 Å². The third-order valence-corrected chi connectivity index (χ3v) is 10.2. The lowest BCUT2D eigenvalue weighted by Gasteiger charge is -2.27. The van der Waals surface area contributed by atoms with Crippen molar-refractivity contribution in [3.05, 3.63) is 96.3 Å². The van der Waals surface area contributed by atoms with E-state index in [2.05, 4.69) is 119 Å². The van der Waals surface area contributed by atoms with Gasteiger partial charge in [0.2, 0.25) is 0 Å². The Morgan fingerprint density at radius 3 is 1.84 bits per heavy atom. The number of hydrogen-bond donors (Lipinski definition) is 2. The fourth-order valence-electron chi connectivity index (χ4n) is 6.19. The summed E-state index contributed by atoms with van der Waals surface area (Å²) in [6, 6.07) is 19.8. The molecule has 6 aromatic carbocycles. The van der Waals surface area contributed by atoms with Crippen LogP contribution in [0.5, 0.6) is 0 Å². The molecule has 7 heteroatoms. The van der Waals surface area contributed by atoms with Crippen LogP contribution in [0.4, 0.5) is 5.69 Å². The van der Waals surface area contributed by atoms with E-state index in [0.717, 1.165) is 63.5 Å². The number of hydrogen-bond acceptors (Lipinski definition) is 2. The van der Waals surface area contributed by atoms with Crippen LogP contribution in [0.3, 0.4) is 0 Å². The number of fused-ring (bicyclic) bond motifs is 2. The Bertz CT molecular complexity index is 2130. The molecule has 0 radical (unpaired) electrons. The van der Waals surface area contributed by atoms with Crippen molar-refractivity contribution in [1.29, 1.82) is 0 Å². The number of amides is 1. The minimum Gasteiger partial charge on any atom is -0.478 e. The molecule has 0 saturated carbocycles. The number of rotatable bonds is 3. The van der Waals surface area contributed by atoms with Gasteiger partial charge in [0.15, 0.2) is 0 Å². The first-order valence-electron chi connectivity index (χ1n) is 14.0. The van der Waals surface area contributed by atoms with E-state index < -0.39 is 5.97 Å². The van der Waals surface area contributed by atoms with E-state index in [1.54, 1.807) is 12.1 Å². The van der Waals surface area contributed by atoms with Crippen molar-refractivity contribution in [1.82, 2.24) is 0 Å². The predicted octanol–water partition coefficient (Wildman–Crippen LogP) is 11.6. The third-order valence-electron chi connectivity index (χ3n) is 8.25. The van der Waals surface area contributed by atoms with Crippen LogP contribution < -0.4 is 5.32 Å². The lowest BCUT2D eigenvalue weighted by Crippen LogP contribution is -2.21. The SMILES string of the molecule is CC(C)(C)c1ccc(C(C)(C)C)c(NC(=O)c2cc(Br)c3c4cccc5c(Br)ccc(c6c(Br)cc(C(=O)O)c2c63)c54)c1. The molecule has 218 valence electrons. The summed E-state index contributed by atoms with van der Waals surface area (Å²) in [5.41, 5.74) is 2.84. The van der Waals surface area contributed by atoms with Gasteiger partial charge in [0.25, 0.3) is 5.91 Å². The standard InChI is InChI=1S/C36H30Br3NO3/c1-35(2,3)17-10-12-23(36(4,5)6)27(14-17)40-33(41)21-15-25(38)30-19-9-7-8-18-24(37)13-11-20(28(18)19)31-26(39)16-22(34(42)43)29(21)32(30)31/h7-16H,1-6H3,(H,40,41)(H,42,43). The minimum absolute atomic E-state index is 0.0664. The first kappa shape index (κ1) is 30.0. The van der Waals surface area contributed by atoms with Gasteiger partial charge in [0, 0.05) is 46.2 Å². The summed E-state index contributed by atoms with van der Waals surface area (Å²) in [6.45, 7) is 12.8. The molecule has 2 N–H and O–H groups in total. The van der Waals surface area contributed by atoms with E-state index in [4.69, 9.17) is 0 Å². The van der Waals surface area contributed by atoms with Crippen LogP contribution >= 0.6 is 47.8 Å². The number of carbonyl (C=O) groups is 2. The summed E-state index contributed by atoms with van der Waals surface area (Å²) in [4.78, 5) is 27.1. The summed E-state index contributed by atoms with van der Waals surface area (Å²) in [7, 11) is 0. The van der Waals surface area contributed by atoms with Crippen LogP contribution in [0.1, 0.15) is 73.4 Å². The molecule has 0 heterocycles. The monoisotopic (exact) mass is 761 g/mol. The number of aromatic carboxylic acids is 1. The lowest BCUT2D eigenvalue weighted by molar-refractivity contribution is 0.0699. The van der Waals surface area contributed by atoms with Crippen LogP contribution in [0.15, 0.2) is 74.1 Å². The van der Waals surface area contributed by atoms with Crippen LogP contribution in [-0.2, 0) is 10.8 Å². The van der Waals surface area contributed by atoms with Gasteiger partial charge in [0.1, 0.15) is 0 Å². The number of benzene rings is 6. The minimum atomic E-state index is -1.10. The molecular formula is C36H30Br3NO3. The van der Waals surface area contributed by atoms with Gasteiger partial charge in [-0.25, -0.2) is 4.79 Å². The van der Waals surface area contributed by atoms with Gasteiger partial charge in [0.05, 0.1) is 5.56 Å². The van der Waals surface area contributed by atoms with Crippen LogP contribution in [0.2, 0.25) is 0 Å². The quantitative estimate of drug-likeness (QED) is 0.139. The topological polar surface area (TPSA) is 66.4 Å². The molecule has 0 aliphatic heterocycles. The van der Waals surface area contributed by atoms with E-state index in [1.165, 1.54) is 0 Å². The number of carboxylic acid groups (broad SMARTS) is 1. The Labute approximate surface area is 275 Å². The Balaban J connectivity index is 1.71. The fourth-order valence-corrected chi connectivity index (χ4v) is 7.93. The zero-order chi connectivity index (χ0) is 31.2. The van der Waals surface area contributed by atoms with E-state index in [9.17, 15) is 14.7 Å². The van der Waals surface area contributed by atoms with Gasteiger partial charge in [-0.1, -0.05) is 126 Å². The highest BCUT2D eigenvalue weighted by Gasteiger charge is 2.28. The molecule has 0 bridgehead atoms. The molecule has 6 rings (SSSR count). The molecular weight excluding hydrogens is 734 g/mol. The van der Waals surface area contributed by atoms with Crippen molar-refractivity contribution < 1.29 is 14.7 Å². The van der Waals surface area contributed by atoms with Gasteiger partial charge in [-0.3, -0.25) is 4.79 Å².